The molecule has 1 N–H and O–H groups in total. The highest BCUT2D eigenvalue weighted by atomic mass is 35.5. The molecule has 2 rings (SSSR count). The minimum atomic E-state index is 0.665. The lowest BCUT2D eigenvalue weighted by atomic mass is 9.94. The Hall–Kier alpha value is -0.530. The molecule has 1 aliphatic heterocycles. The van der Waals surface area contributed by atoms with Gasteiger partial charge in [-0.15, -0.1) is 0 Å². The molecule has 1 heterocycles. The Labute approximate surface area is 84.1 Å². The molecule has 0 unspecified atom stereocenters. The van der Waals surface area contributed by atoms with Crippen LogP contribution in [-0.4, -0.2) is 13.1 Å². The van der Waals surface area contributed by atoms with Crippen LogP contribution < -0.4 is 5.32 Å². The normalized spacial score (nSPS) is 22.2. The molecule has 0 spiro atoms. The Bertz CT molecular complexity index is 303. The summed E-state index contributed by atoms with van der Waals surface area (Å²) in [6.07, 6.45) is 1.24. The van der Waals surface area contributed by atoms with Gasteiger partial charge >= 0.3 is 0 Å². The Morgan fingerprint density at radius 1 is 1.46 bits per heavy atom. The van der Waals surface area contributed by atoms with E-state index in [9.17, 15) is 0 Å². The first-order valence-electron chi connectivity index (χ1n) is 4.75. The molecule has 1 saturated heterocycles. The number of halogens is 1. The molecule has 1 aromatic carbocycles. The van der Waals surface area contributed by atoms with Crippen LogP contribution in [0.25, 0.3) is 0 Å². The lowest BCUT2D eigenvalue weighted by molar-refractivity contribution is 0.757. The third-order valence-electron chi connectivity index (χ3n) is 2.81. The van der Waals surface area contributed by atoms with E-state index in [1.54, 1.807) is 0 Å². The Balaban J connectivity index is 2.33. The van der Waals surface area contributed by atoms with E-state index in [2.05, 4.69) is 18.3 Å². The van der Waals surface area contributed by atoms with Gasteiger partial charge in [0.1, 0.15) is 0 Å². The largest absolute Gasteiger partial charge is 0.316 e. The number of hydrogen-bond acceptors (Lipinski definition) is 1. The SMILES string of the molecule is Cc1c(Cl)cccc1[C@H]1CCNC1. The first kappa shape index (κ1) is 9.04. The van der Waals surface area contributed by atoms with Crippen LogP contribution in [0, 0.1) is 6.92 Å². The van der Waals surface area contributed by atoms with Gasteiger partial charge in [0.15, 0.2) is 0 Å². The zero-order valence-electron chi connectivity index (χ0n) is 7.81. The third kappa shape index (κ3) is 1.72. The second-order valence-electron chi connectivity index (χ2n) is 3.64. The van der Waals surface area contributed by atoms with Crippen LogP contribution >= 0.6 is 11.6 Å². The molecule has 1 aromatic rings. The van der Waals surface area contributed by atoms with Crippen LogP contribution in [0.1, 0.15) is 23.5 Å². The fourth-order valence-electron chi connectivity index (χ4n) is 1.99. The topological polar surface area (TPSA) is 12.0 Å². The highest BCUT2D eigenvalue weighted by Gasteiger charge is 2.18. The van der Waals surface area contributed by atoms with E-state index in [1.807, 2.05) is 12.1 Å². The zero-order valence-corrected chi connectivity index (χ0v) is 8.56. The first-order valence-corrected chi connectivity index (χ1v) is 5.12. The van der Waals surface area contributed by atoms with Gasteiger partial charge < -0.3 is 5.32 Å². The molecule has 1 aliphatic rings. The maximum Gasteiger partial charge on any atom is 0.0438 e. The van der Waals surface area contributed by atoms with Crippen LogP contribution in [0.3, 0.4) is 0 Å². The smallest absolute Gasteiger partial charge is 0.0438 e. The third-order valence-corrected chi connectivity index (χ3v) is 3.22. The molecular weight excluding hydrogens is 182 g/mol. The summed E-state index contributed by atoms with van der Waals surface area (Å²) >= 11 is 6.07. The van der Waals surface area contributed by atoms with Gasteiger partial charge in [-0.3, -0.25) is 0 Å². The minimum Gasteiger partial charge on any atom is -0.316 e. The zero-order chi connectivity index (χ0) is 9.26. The Morgan fingerprint density at radius 2 is 2.31 bits per heavy atom. The van der Waals surface area contributed by atoms with Gasteiger partial charge in [0, 0.05) is 11.6 Å². The van der Waals surface area contributed by atoms with Crippen molar-refractivity contribution in [2.24, 2.45) is 0 Å². The molecule has 0 saturated carbocycles. The molecule has 0 amide bonds. The first-order chi connectivity index (χ1) is 6.29. The maximum absolute atomic E-state index is 6.07. The summed E-state index contributed by atoms with van der Waals surface area (Å²) < 4.78 is 0. The number of rotatable bonds is 1. The Morgan fingerprint density at radius 3 is 3.00 bits per heavy atom. The second kappa shape index (κ2) is 3.69. The molecule has 0 aliphatic carbocycles. The van der Waals surface area contributed by atoms with Gasteiger partial charge in [0.2, 0.25) is 0 Å². The highest BCUT2D eigenvalue weighted by molar-refractivity contribution is 6.31. The van der Waals surface area contributed by atoms with Crippen molar-refractivity contribution >= 4 is 11.6 Å². The molecule has 0 bridgehead atoms. The second-order valence-corrected chi connectivity index (χ2v) is 4.05. The molecule has 1 fully saturated rings. The fraction of sp³-hybridized carbons (Fsp3) is 0.455. The van der Waals surface area contributed by atoms with E-state index in [-0.39, 0.29) is 0 Å². The lowest BCUT2D eigenvalue weighted by Crippen LogP contribution is -2.08. The van der Waals surface area contributed by atoms with Gasteiger partial charge in [0.25, 0.3) is 0 Å². The fourth-order valence-corrected chi connectivity index (χ4v) is 2.17. The maximum atomic E-state index is 6.07. The molecule has 1 atom stereocenters. The molecule has 1 nitrogen and oxygen atoms in total. The molecular formula is C11H14ClN. The van der Waals surface area contributed by atoms with Crippen LogP contribution in [-0.2, 0) is 0 Å². The number of nitrogens with one attached hydrogen (secondary N) is 1. The van der Waals surface area contributed by atoms with Crippen molar-refractivity contribution in [2.45, 2.75) is 19.3 Å². The summed E-state index contributed by atoms with van der Waals surface area (Å²) in [6, 6.07) is 6.20. The van der Waals surface area contributed by atoms with Crippen molar-refractivity contribution in [1.29, 1.82) is 0 Å². The summed E-state index contributed by atoms with van der Waals surface area (Å²) in [6.45, 7) is 4.34. The van der Waals surface area contributed by atoms with E-state index >= 15 is 0 Å². The minimum absolute atomic E-state index is 0.665. The van der Waals surface area contributed by atoms with Crippen LogP contribution in [0.4, 0.5) is 0 Å². The predicted molar refractivity (Wildman–Crippen MR) is 56.4 cm³/mol. The van der Waals surface area contributed by atoms with Crippen LogP contribution in [0.2, 0.25) is 5.02 Å². The average Bonchev–Trinajstić information content (AvgIpc) is 2.62. The van der Waals surface area contributed by atoms with E-state index in [0.29, 0.717) is 5.92 Å². The predicted octanol–water partition coefficient (Wildman–Crippen LogP) is 2.73. The Kier molecular flexibility index (Phi) is 2.56. The standard InChI is InChI=1S/C11H14ClN/c1-8-10(3-2-4-11(8)12)9-5-6-13-7-9/h2-4,9,13H,5-7H2,1H3/t9-/m0/s1. The van der Waals surface area contributed by atoms with E-state index in [0.717, 1.165) is 18.1 Å². The van der Waals surface area contributed by atoms with Gasteiger partial charge in [0.05, 0.1) is 0 Å². The summed E-state index contributed by atoms with van der Waals surface area (Å²) in [5.74, 6) is 0.665. The molecule has 13 heavy (non-hydrogen) atoms. The number of benzene rings is 1. The quantitative estimate of drug-likeness (QED) is 0.727. The van der Waals surface area contributed by atoms with Crippen molar-refractivity contribution in [3.8, 4) is 0 Å². The van der Waals surface area contributed by atoms with E-state index < -0.39 is 0 Å². The van der Waals surface area contributed by atoms with Crippen molar-refractivity contribution in [3.63, 3.8) is 0 Å². The summed E-state index contributed by atoms with van der Waals surface area (Å²) in [4.78, 5) is 0. The molecule has 0 aromatic heterocycles. The average molecular weight is 196 g/mol. The van der Waals surface area contributed by atoms with Crippen molar-refractivity contribution < 1.29 is 0 Å². The van der Waals surface area contributed by atoms with Crippen molar-refractivity contribution in [1.82, 2.24) is 5.32 Å². The van der Waals surface area contributed by atoms with Gasteiger partial charge in [-0.1, -0.05) is 23.7 Å². The summed E-state index contributed by atoms with van der Waals surface area (Å²) in [5, 5.41) is 4.27. The molecule has 0 radical (unpaired) electrons. The number of hydrogen-bond donors (Lipinski definition) is 1. The van der Waals surface area contributed by atoms with Gasteiger partial charge in [-0.05, 0) is 43.0 Å². The van der Waals surface area contributed by atoms with Crippen molar-refractivity contribution in [2.75, 3.05) is 13.1 Å². The van der Waals surface area contributed by atoms with E-state index in [4.69, 9.17) is 11.6 Å². The van der Waals surface area contributed by atoms with Gasteiger partial charge in [-0.25, -0.2) is 0 Å². The molecule has 2 heteroatoms. The lowest BCUT2D eigenvalue weighted by Gasteiger charge is -2.12. The molecule has 70 valence electrons. The van der Waals surface area contributed by atoms with Crippen molar-refractivity contribution in [3.05, 3.63) is 34.3 Å². The highest BCUT2D eigenvalue weighted by Crippen LogP contribution is 2.28. The van der Waals surface area contributed by atoms with Crippen LogP contribution in [0.5, 0.6) is 0 Å². The van der Waals surface area contributed by atoms with Gasteiger partial charge in [-0.2, -0.15) is 0 Å². The van der Waals surface area contributed by atoms with Crippen LogP contribution in [0.15, 0.2) is 18.2 Å². The summed E-state index contributed by atoms with van der Waals surface area (Å²) in [5.41, 5.74) is 2.66. The van der Waals surface area contributed by atoms with E-state index in [1.165, 1.54) is 17.5 Å². The monoisotopic (exact) mass is 195 g/mol. The summed E-state index contributed by atoms with van der Waals surface area (Å²) in [7, 11) is 0.